The third-order valence-electron chi connectivity index (χ3n) is 3.25. The number of rotatable bonds is 4. The van der Waals surface area contributed by atoms with Crippen LogP contribution in [0, 0.1) is 11.3 Å². The number of nitrogens with one attached hydrogen (secondary N) is 1. The van der Waals surface area contributed by atoms with Crippen LogP contribution >= 0.6 is 0 Å². The molecule has 88 valence electrons. The SMILES string of the molecule is CCNCCN1CC(C(C)(C)C)CC1=O. The molecule has 1 atom stereocenters. The van der Waals surface area contributed by atoms with E-state index in [9.17, 15) is 4.79 Å². The van der Waals surface area contributed by atoms with Gasteiger partial charge in [0.2, 0.25) is 5.91 Å². The average Bonchev–Trinajstić information content (AvgIpc) is 2.48. The zero-order valence-electron chi connectivity index (χ0n) is 10.5. The summed E-state index contributed by atoms with van der Waals surface area (Å²) in [5.41, 5.74) is 0.253. The first-order chi connectivity index (χ1) is 6.95. The van der Waals surface area contributed by atoms with Gasteiger partial charge in [0.1, 0.15) is 0 Å². The molecule has 0 aromatic carbocycles. The lowest BCUT2D eigenvalue weighted by atomic mass is 9.80. The van der Waals surface area contributed by atoms with Gasteiger partial charge in [-0.3, -0.25) is 4.79 Å². The van der Waals surface area contributed by atoms with Gasteiger partial charge in [0.25, 0.3) is 0 Å². The van der Waals surface area contributed by atoms with Crippen molar-refractivity contribution in [3.05, 3.63) is 0 Å². The fourth-order valence-electron chi connectivity index (χ4n) is 1.96. The van der Waals surface area contributed by atoms with Crippen LogP contribution in [0.1, 0.15) is 34.1 Å². The predicted octanol–water partition coefficient (Wildman–Crippen LogP) is 1.49. The zero-order chi connectivity index (χ0) is 11.5. The topological polar surface area (TPSA) is 32.3 Å². The second-order valence-corrected chi connectivity index (χ2v) is 5.46. The van der Waals surface area contributed by atoms with E-state index in [-0.39, 0.29) is 5.41 Å². The molecule has 1 N–H and O–H groups in total. The Morgan fingerprint density at radius 3 is 2.60 bits per heavy atom. The average molecular weight is 212 g/mol. The van der Waals surface area contributed by atoms with Crippen LogP contribution in [0.4, 0.5) is 0 Å². The fraction of sp³-hybridized carbons (Fsp3) is 0.917. The highest BCUT2D eigenvalue weighted by molar-refractivity contribution is 5.78. The molecule has 3 heteroatoms. The van der Waals surface area contributed by atoms with Crippen LogP contribution in [0.3, 0.4) is 0 Å². The molecule has 15 heavy (non-hydrogen) atoms. The van der Waals surface area contributed by atoms with Crippen LogP contribution < -0.4 is 5.32 Å². The highest BCUT2D eigenvalue weighted by Gasteiger charge is 2.36. The van der Waals surface area contributed by atoms with Gasteiger partial charge in [-0.15, -0.1) is 0 Å². The van der Waals surface area contributed by atoms with Crippen molar-refractivity contribution in [2.24, 2.45) is 11.3 Å². The van der Waals surface area contributed by atoms with E-state index in [0.29, 0.717) is 11.8 Å². The molecule has 0 aromatic rings. The van der Waals surface area contributed by atoms with Gasteiger partial charge in [-0.1, -0.05) is 27.7 Å². The van der Waals surface area contributed by atoms with Crippen molar-refractivity contribution in [3.8, 4) is 0 Å². The highest BCUT2D eigenvalue weighted by atomic mass is 16.2. The second-order valence-electron chi connectivity index (χ2n) is 5.46. The molecule has 1 fully saturated rings. The molecule has 0 saturated carbocycles. The van der Waals surface area contributed by atoms with E-state index in [2.05, 4.69) is 33.0 Å². The van der Waals surface area contributed by atoms with Crippen LogP contribution in [0.5, 0.6) is 0 Å². The normalized spacial score (nSPS) is 22.5. The van der Waals surface area contributed by atoms with E-state index in [1.807, 2.05) is 4.90 Å². The minimum absolute atomic E-state index is 0.253. The van der Waals surface area contributed by atoms with E-state index in [1.54, 1.807) is 0 Å². The lowest BCUT2D eigenvalue weighted by Gasteiger charge is -2.26. The summed E-state index contributed by atoms with van der Waals surface area (Å²) in [5.74, 6) is 0.847. The lowest BCUT2D eigenvalue weighted by molar-refractivity contribution is -0.127. The van der Waals surface area contributed by atoms with Gasteiger partial charge in [0.15, 0.2) is 0 Å². The molecule has 1 unspecified atom stereocenters. The summed E-state index contributed by atoms with van der Waals surface area (Å²) in [6.07, 6.45) is 0.732. The highest BCUT2D eigenvalue weighted by Crippen LogP contribution is 2.33. The Morgan fingerprint density at radius 1 is 1.47 bits per heavy atom. The van der Waals surface area contributed by atoms with Crippen LogP contribution in [0.25, 0.3) is 0 Å². The smallest absolute Gasteiger partial charge is 0.222 e. The maximum absolute atomic E-state index is 11.7. The molecule has 1 rings (SSSR count). The lowest BCUT2D eigenvalue weighted by Crippen LogP contribution is -2.34. The number of likely N-dealkylation sites (N-methyl/N-ethyl adjacent to an activating group) is 1. The van der Waals surface area contributed by atoms with Gasteiger partial charge in [0.05, 0.1) is 0 Å². The number of hydrogen-bond acceptors (Lipinski definition) is 2. The summed E-state index contributed by atoms with van der Waals surface area (Å²) in [7, 11) is 0. The monoisotopic (exact) mass is 212 g/mol. The van der Waals surface area contributed by atoms with Crippen molar-refractivity contribution in [1.29, 1.82) is 0 Å². The Labute approximate surface area is 93.2 Å². The zero-order valence-corrected chi connectivity index (χ0v) is 10.5. The van der Waals surface area contributed by atoms with Gasteiger partial charge in [-0.05, 0) is 17.9 Å². The molecule has 1 heterocycles. The Kier molecular flexibility index (Phi) is 4.14. The molecule has 0 aliphatic carbocycles. The predicted molar refractivity (Wildman–Crippen MR) is 62.7 cm³/mol. The van der Waals surface area contributed by atoms with Crippen molar-refractivity contribution in [3.63, 3.8) is 0 Å². The molecule has 1 aliphatic heterocycles. The van der Waals surface area contributed by atoms with Crippen molar-refractivity contribution < 1.29 is 4.79 Å². The minimum Gasteiger partial charge on any atom is -0.341 e. The molecular formula is C12H24N2O. The maximum Gasteiger partial charge on any atom is 0.222 e. The molecule has 0 spiro atoms. The molecule has 1 aliphatic rings. The second kappa shape index (κ2) is 4.97. The number of likely N-dealkylation sites (tertiary alicyclic amines) is 1. The number of carbonyl (C=O) groups is 1. The summed E-state index contributed by atoms with van der Waals surface area (Å²) in [6.45, 7) is 12.4. The number of nitrogens with zero attached hydrogens (tertiary/aromatic N) is 1. The van der Waals surface area contributed by atoms with E-state index in [1.165, 1.54) is 0 Å². The minimum atomic E-state index is 0.253. The van der Waals surface area contributed by atoms with Crippen molar-refractivity contribution in [1.82, 2.24) is 10.2 Å². The third-order valence-corrected chi connectivity index (χ3v) is 3.25. The van der Waals surface area contributed by atoms with Crippen molar-refractivity contribution in [2.45, 2.75) is 34.1 Å². The number of carbonyl (C=O) groups excluding carboxylic acids is 1. The Balaban J connectivity index is 2.39. The Bertz CT molecular complexity index is 220. The van der Waals surface area contributed by atoms with Crippen molar-refractivity contribution in [2.75, 3.05) is 26.2 Å². The quantitative estimate of drug-likeness (QED) is 0.716. The van der Waals surface area contributed by atoms with Crippen LogP contribution in [0.2, 0.25) is 0 Å². The maximum atomic E-state index is 11.7. The van der Waals surface area contributed by atoms with Crippen LogP contribution in [-0.4, -0.2) is 37.0 Å². The standard InChI is InChI=1S/C12H24N2O/c1-5-13-6-7-14-9-10(8-11(14)15)12(2,3)4/h10,13H,5-9H2,1-4H3. The van der Waals surface area contributed by atoms with Crippen LogP contribution in [-0.2, 0) is 4.79 Å². The molecule has 0 radical (unpaired) electrons. The largest absolute Gasteiger partial charge is 0.341 e. The fourth-order valence-corrected chi connectivity index (χ4v) is 1.96. The molecule has 0 aromatic heterocycles. The molecule has 0 bridgehead atoms. The number of amides is 1. The van der Waals surface area contributed by atoms with E-state index in [0.717, 1.165) is 32.6 Å². The summed E-state index contributed by atoms with van der Waals surface area (Å²) >= 11 is 0. The van der Waals surface area contributed by atoms with Gasteiger partial charge in [0, 0.05) is 26.1 Å². The molecular weight excluding hydrogens is 188 g/mol. The molecule has 3 nitrogen and oxygen atoms in total. The molecule has 1 saturated heterocycles. The van der Waals surface area contributed by atoms with Gasteiger partial charge in [-0.25, -0.2) is 0 Å². The molecule has 1 amide bonds. The summed E-state index contributed by atoms with van der Waals surface area (Å²) in [4.78, 5) is 13.7. The van der Waals surface area contributed by atoms with Crippen molar-refractivity contribution >= 4 is 5.91 Å². The van der Waals surface area contributed by atoms with Gasteiger partial charge >= 0.3 is 0 Å². The van der Waals surface area contributed by atoms with E-state index in [4.69, 9.17) is 0 Å². The Morgan fingerprint density at radius 2 is 2.13 bits per heavy atom. The van der Waals surface area contributed by atoms with Gasteiger partial charge < -0.3 is 10.2 Å². The van der Waals surface area contributed by atoms with Crippen LogP contribution in [0.15, 0.2) is 0 Å². The summed E-state index contributed by atoms with van der Waals surface area (Å²) < 4.78 is 0. The van der Waals surface area contributed by atoms with E-state index < -0.39 is 0 Å². The van der Waals surface area contributed by atoms with Gasteiger partial charge in [-0.2, -0.15) is 0 Å². The Hall–Kier alpha value is -0.570. The van der Waals surface area contributed by atoms with E-state index >= 15 is 0 Å². The third kappa shape index (κ3) is 3.49. The summed E-state index contributed by atoms with van der Waals surface area (Å²) in [5, 5.41) is 3.26. The number of hydrogen-bond donors (Lipinski definition) is 1. The summed E-state index contributed by atoms with van der Waals surface area (Å²) in [6, 6.07) is 0. The first kappa shape index (κ1) is 12.5. The first-order valence-electron chi connectivity index (χ1n) is 5.93. The first-order valence-corrected chi connectivity index (χ1v) is 5.93.